The molecule has 60 valence electrons. The van der Waals surface area contributed by atoms with Crippen molar-refractivity contribution in [2.24, 2.45) is 5.41 Å². The van der Waals surface area contributed by atoms with Gasteiger partial charge in [0.25, 0.3) is 0 Å². The van der Waals surface area contributed by atoms with Gasteiger partial charge in [-0.2, -0.15) is 5.26 Å². The summed E-state index contributed by atoms with van der Waals surface area (Å²) >= 11 is 0. The van der Waals surface area contributed by atoms with Crippen LogP contribution in [0.3, 0.4) is 0 Å². The van der Waals surface area contributed by atoms with Crippen LogP contribution in [-0.4, -0.2) is 25.8 Å². The van der Waals surface area contributed by atoms with Crippen molar-refractivity contribution in [2.75, 3.05) is 19.8 Å². The molecule has 0 aromatic heterocycles. The van der Waals surface area contributed by atoms with Crippen molar-refractivity contribution in [1.29, 1.82) is 5.26 Å². The predicted octanol–water partition coefficient (Wildman–Crippen LogP) is 0.279. The van der Waals surface area contributed by atoms with Crippen LogP contribution < -0.4 is 5.32 Å². The van der Waals surface area contributed by atoms with Crippen molar-refractivity contribution in [3.8, 4) is 6.07 Å². The summed E-state index contributed by atoms with van der Waals surface area (Å²) in [5.74, 6) is 0. The summed E-state index contributed by atoms with van der Waals surface area (Å²) in [4.78, 5) is 0. The van der Waals surface area contributed by atoms with E-state index in [4.69, 9.17) is 10.00 Å². The summed E-state index contributed by atoms with van der Waals surface area (Å²) in [6, 6.07) is 3.01. The zero-order valence-electron chi connectivity index (χ0n) is 6.47. The van der Waals surface area contributed by atoms with Gasteiger partial charge < -0.3 is 10.1 Å². The lowest BCUT2D eigenvalue weighted by Gasteiger charge is -2.35. The first-order valence-corrected chi connectivity index (χ1v) is 4.07. The number of nitrogens with zero attached hydrogens (tertiary/aromatic N) is 1. The Morgan fingerprint density at radius 2 is 2.27 bits per heavy atom. The molecule has 1 N–H and O–H groups in total. The van der Waals surface area contributed by atoms with E-state index in [1.165, 1.54) is 12.8 Å². The van der Waals surface area contributed by atoms with Gasteiger partial charge in [0.1, 0.15) is 5.41 Å². The summed E-state index contributed by atoms with van der Waals surface area (Å²) in [5.41, 5.74) is -0.192. The monoisotopic (exact) mass is 152 g/mol. The highest BCUT2D eigenvalue weighted by Gasteiger charge is 2.39. The second-order valence-corrected chi connectivity index (χ2v) is 3.54. The summed E-state index contributed by atoms with van der Waals surface area (Å²) in [6.45, 7) is 2.04. The molecule has 0 spiro atoms. The van der Waals surface area contributed by atoms with Crippen molar-refractivity contribution in [3.05, 3.63) is 0 Å². The highest BCUT2D eigenvalue weighted by atomic mass is 16.5. The van der Waals surface area contributed by atoms with Crippen LogP contribution in [0.25, 0.3) is 0 Å². The predicted molar refractivity (Wildman–Crippen MR) is 39.9 cm³/mol. The van der Waals surface area contributed by atoms with E-state index in [1.807, 2.05) is 0 Å². The van der Waals surface area contributed by atoms with Gasteiger partial charge in [0.05, 0.1) is 19.3 Å². The summed E-state index contributed by atoms with van der Waals surface area (Å²) in [5, 5.41) is 12.1. The molecule has 3 heteroatoms. The zero-order chi connectivity index (χ0) is 7.73. The Kier molecular flexibility index (Phi) is 1.59. The molecule has 1 aliphatic carbocycles. The van der Waals surface area contributed by atoms with E-state index in [0.717, 1.165) is 6.54 Å². The maximum Gasteiger partial charge on any atom is 0.116 e. The number of hydrogen-bond donors (Lipinski definition) is 1. The number of hydrogen-bond acceptors (Lipinski definition) is 3. The fraction of sp³-hybridized carbons (Fsp3) is 0.875. The molecule has 1 aliphatic heterocycles. The quantitative estimate of drug-likeness (QED) is 0.631. The van der Waals surface area contributed by atoms with Crippen molar-refractivity contribution in [1.82, 2.24) is 5.32 Å². The molecule has 2 rings (SSSR count). The third-order valence-corrected chi connectivity index (χ3v) is 2.30. The molecule has 0 atom stereocenters. The molecular formula is C8H12N2O. The molecule has 1 saturated carbocycles. The normalized spacial score (nSPS) is 27.2. The van der Waals surface area contributed by atoms with Gasteiger partial charge in [-0.25, -0.2) is 0 Å². The van der Waals surface area contributed by atoms with Gasteiger partial charge in [0.2, 0.25) is 0 Å². The highest BCUT2D eigenvalue weighted by molar-refractivity contribution is 5.06. The first-order chi connectivity index (χ1) is 5.35. The Bertz CT molecular complexity index is 189. The van der Waals surface area contributed by atoms with E-state index < -0.39 is 0 Å². The molecule has 0 aromatic rings. The molecule has 0 unspecified atom stereocenters. The second kappa shape index (κ2) is 2.47. The van der Waals surface area contributed by atoms with Gasteiger partial charge in [-0.05, 0) is 12.8 Å². The van der Waals surface area contributed by atoms with Crippen LogP contribution in [0.4, 0.5) is 0 Å². The van der Waals surface area contributed by atoms with Gasteiger partial charge in [0.15, 0.2) is 0 Å². The molecule has 2 aliphatic rings. The lowest BCUT2D eigenvalue weighted by Crippen LogP contribution is -2.49. The number of ether oxygens (including phenoxy) is 1. The molecule has 1 saturated heterocycles. The minimum absolute atomic E-state index is 0.192. The third-order valence-electron chi connectivity index (χ3n) is 2.30. The van der Waals surface area contributed by atoms with Gasteiger partial charge >= 0.3 is 0 Å². The summed E-state index contributed by atoms with van der Waals surface area (Å²) < 4.78 is 5.02. The average Bonchev–Trinajstić information content (AvgIpc) is 2.70. The Balaban J connectivity index is 1.78. The SMILES string of the molecule is N#CC1(CNC2CC2)COC1. The average molecular weight is 152 g/mol. The molecule has 0 aromatic carbocycles. The van der Waals surface area contributed by atoms with Crippen LogP contribution in [0.15, 0.2) is 0 Å². The highest BCUT2D eigenvalue weighted by Crippen LogP contribution is 2.27. The minimum Gasteiger partial charge on any atom is -0.378 e. The maximum absolute atomic E-state index is 8.80. The zero-order valence-corrected chi connectivity index (χ0v) is 6.47. The van der Waals surface area contributed by atoms with E-state index in [-0.39, 0.29) is 5.41 Å². The fourth-order valence-corrected chi connectivity index (χ4v) is 1.18. The Morgan fingerprint density at radius 3 is 2.64 bits per heavy atom. The van der Waals surface area contributed by atoms with Crippen molar-refractivity contribution in [3.63, 3.8) is 0 Å². The van der Waals surface area contributed by atoms with E-state index in [2.05, 4.69) is 11.4 Å². The molecule has 2 fully saturated rings. The van der Waals surface area contributed by atoms with Crippen LogP contribution in [0.2, 0.25) is 0 Å². The van der Waals surface area contributed by atoms with Crippen LogP contribution in [0, 0.1) is 16.7 Å². The van der Waals surface area contributed by atoms with E-state index in [0.29, 0.717) is 19.3 Å². The van der Waals surface area contributed by atoms with Gasteiger partial charge in [0, 0.05) is 12.6 Å². The van der Waals surface area contributed by atoms with Gasteiger partial charge in [-0.15, -0.1) is 0 Å². The van der Waals surface area contributed by atoms with Crippen molar-refractivity contribution >= 4 is 0 Å². The Labute approximate surface area is 66.3 Å². The number of nitrogens with one attached hydrogen (secondary N) is 1. The molecular weight excluding hydrogens is 140 g/mol. The van der Waals surface area contributed by atoms with E-state index >= 15 is 0 Å². The van der Waals surface area contributed by atoms with Gasteiger partial charge in [-0.3, -0.25) is 0 Å². The third kappa shape index (κ3) is 1.37. The first-order valence-electron chi connectivity index (χ1n) is 4.07. The standard InChI is InChI=1S/C8H12N2O/c9-3-8(5-11-6-8)4-10-7-1-2-7/h7,10H,1-2,4-6H2. The first kappa shape index (κ1) is 7.08. The Morgan fingerprint density at radius 1 is 1.55 bits per heavy atom. The summed E-state index contributed by atoms with van der Waals surface area (Å²) in [7, 11) is 0. The molecule has 1 heterocycles. The van der Waals surface area contributed by atoms with Gasteiger partial charge in [-0.1, -0.05) is 0 Å². The maximum atomic E-state index is 8.80. The summed E-state index contributed by atoms with van der Waals surface area (Å²) in [6.07, 6.45) is 2.56. The molecule has 0 amide bonds. The minimum atomic E-state index is -0.192. The topological polar surface area (TPSA) is 45.0 Å². The molecule has 3 nitrogen and oxygen atoms in total. The second-order valence-electron chi connectivity index (χ2n) is 3.54. The van der Waals surface area contributed by atoms with Crippen LogP contribution in [0.5, 0.6) is 0 Å². The van der Waals surface area contributed by atoms with Crippen LogP contribution in [0.1, 0.15) is 12.8 Å². The van der Waals surface area contributed by atoms with Crippen molar-refractivity contribution < 1.29 is 4.74 Å². The smallest absolute Gasteiger partial charge is 0.116 e. The number of nitriles is 1. The van der Waals surface area contributed by atoms with Crippen molar-refractivity contribution in [2.45, 2.75) is 18.9 Å². The molecule has 11 heavy (non-hydrogen) atoms. The lowest BCUT2D eigenvalue weighted by molar-refractivity contribution is -0.0755. The van der Waals surface area contributed by atoms with E-state index in [1.54, 1.807) is 0 Å². The largest absolute Gasteiger partial charge is 0.378 e. The molecule has 0 bridgehead atoms. The number of rotatable bonds is 3. The van der Waals surface area contributed by atoms with Crippen LogP contribution in [-0.2, 0) is 4.74 Å². The van der Waals surface area contributed by atoms with Crippen LogP contribution >= 0.6 is 0 Å². The Hall–Kier alpha value is -0.590. The molecule has 0 radical (unpaired) electrons. The lowest BCUT2D eigenvalue weighted by atomic mass is 9.88. The van der Waals surface area contributed by atoms with E-state index in [9.17, 15) is 0 Å². The fourth-order valence-electron chi connectivity index (χ4n) is 1.18.